The molecule has 31 heavy (non-hydrogen) atoms. The highest BCUT2D eigenvalue weighted by Crippen LogP contribution is 2.27. The van der Waals surface area contributed by atoms with E-state index in [-0.39, 0.29) is 11.1 Å². The number of nitrogens with zero attached hydrogens (tertiary/aromatic N) is 2. The maximum Gasteiger partial charge on any atom is 0.254 e. The minimum absolute atomic E-state index is 0.111. The molecule has 0 aliphatic carbocycles. The molecule has 0 saturated carbocycles. The van der Waals surface area contributed by atoms with Crippen molar-refractivity contribution in [3.8, 4) is 0 Å². The molecular formula is C21H20F2N4O3S. The third-order valence-corrected chi connectivity index (χ3v) is 5.64. The minimum atomic E-state index is -1.21. The average Bonchev–Trinajstić information content (AvgIpc) is 3.09. The van der Waals surface area contributed by atoms with Crippen LogP contribution in [0.15, 0.2) is 46.1 Å². The standard InChI is InChI=1S/C21H20F2N4O3S/c1-11-15(12(2)30-27-11)10-31-21-14(5-4-8-25-21)19(28)26-18(20(29)24-3)13-6-7-16(22)17(23)9-13/h4-9,18H,10H2,1-3H3,(H,24,29)(H,26,28). The monoisotopic (exact) mass is 446 g/mol. The fourth-order valence-corrected chi connectivity index (χ4v) is 4.02. The first-order valence-electron chi connectivity index (χ1n) is 9.28. The van der Waals surface area contributed by atoms with Gasteiger partial charge < -0.3 is 15.2 Å². The number of carbonyl (C=O) groups is 2. The number of pyridine rings is 1. The van der Waals surface area contributed by atoms with Gasteiger partial charge in [-0.1, -0.05) is 11.2 Å². The third kappa shape index (κ3) is 5.08. The highest BCUT2D eigenvalue weighted by molar-refractivity contribution is 7.98. The van der Waals surface area contributed by atoms with E-state index in [0.717, 1.165) is 23.4 Å². The molecule has 1 aromatic carbocycles. The molecule has 0 saturated heterocycles. The maximum absolute atomic E-state index is 13.7. The van der Waals surface area contributed by atoms with Crippen molar-refractivity contribution in [2.24, 2.45) is 0 Å². The van der Waals surface area contributed by atoms with Crippen molar-refractivity contribution in [3.63, 3.8) is 0 Å². The van der Waals surface area contributed by atoms with Crippen LogP contribution >= 0.6 is 11.8 Å². The van der Waals surface area contributed by atoms with E-state index in [0.29, 0.717) is 16.5 Å². The van der Waals surface area contributed by atoms with Crippen molar-refractivity contribution >= 4 is 23.6 Å². The minimum Gasteiger partial charge on any atom is -0.361 e. The Kier molecular flexibility index (Phi) is 7.01. The molecule has 1 unspecified atom stereocenters. The molecule has 0 aliphatic rings. The number of hydrogen-bond acceptors (Lipinski definition) is 6. The molecule has 3 rings (SSSR count). The van der Waals surface area contributed by atoms with E-state index in [1.54, 1.807) is 25.3 Å². The van der Waals surface area contributed by atoms with Crippen LogP contribution in [0, 0.1) is 25.5 Å². The van der Waals surface area contributed by atoms with Gasteiger partial charge in [0.15, 0.2) is 11.6 Å². The predicted octanol–water partition coefficient (Wildman–Crippen LogP) is 3.47. The second-order valence-electron chi connectivity index (χ2n) is 6.64. The molecule has 2 amide bonds. The van der Waals surface area contributed by atoms with Crippen LogP contribution in [-0.4, -0.2) is 29.0 Å². The highest BCUT2D eigenvalue weighted by atomic mass is 32.2. The van der Waals surface area contributed by atoms with Gasteiger partial charge in [-0.25, -0.2) is 13.8 Å². The molecule has 0 radical (unpaired) electrons. The average molecular weight is 446 g/mol. The van der Waals surface area contributed by atoms with Crippen LogP contribution in [0.3, 0.4) is 0 Å². The van der Waals surface area contributed by atoms with Crippen molar-refractivity contribution in [3.05, 3.63) is 76.3 Å². The van der Waals surface area contributed by atoms with Gasteiger partial charge in [-0.15, -0.1) is 11.8 Å². The number of hydrogen-bond donors (Lipinski definition) is 2. The molecule has 162 valence electrons. The lowest BCUT2D eigenvalue weighted by Crippen LogP contribution is -2.39. The maximum atomic E-state index is 13.7. The zero-order valence-electron chi connectivity index (χ0n) is 17.0. The van der Waals surface area contributed by atoms with Gasteiger partial charge in [0, 0.05) is 24.6 Å². The lowest BCUT2D eigenvalue weighted by molar-refractivity contribution is -0.122. The van der Waals surface area contributed by atoms with E-state index >= 15 is 0 Å². The Morgan fingerprint density at radius 3 is 2.61 bits per heavy atom. The summed E-state index contributed by atoms with van der Waals surface area (Å²) >= 11 is 1.32. The van der Waals surface area contributed by atoms with Gasteiger partial charge in [0.2, 0.25) is 5.91 Å². The van der Waals surface area contributed by atoms with Crippen molar-refractivity contribution in [1.82, 2.24) is 20.8 Å². The van der Waals surface area contributed by atoms with Crippen LogP contribution in [-0.2, 0) is 10.5 Å². The van der Waals surface area contributed by atoms with Gasteiger partial charge in [-0.3, -0.25) is 9.59 Å². The number of benzene rings is 1. The largest absolute Gasteiger partial charge is 0.361 e. The molecule has 2 heterocycles. The topological polar surface area (TPSA) is 97.1 Å². The fourth-order valence-electron chi connectivity index (χ4n) is 2.87. The normalized spacial score (nSPS) is 11.8. The van der Waals surface area contributed by atoms with Gasteiger partial charge >= 0.3 is 0 Å². The molecule has 10 heteroatoms. The van der Waals surface area contributed by atoms with Crippen LogP contribution < -0.4 is 10.6 Å². The molecule has 2 aromatic heterocycles. The van der Waals surface area contributed by atoms with Crippen molar-refractivity contribution in [1.29, 1.82) is 0 Å². The first kappa shape index (κ1) is 22.4. The summed E-state index contributed by atoms with van der Waals surface area (Å²) < 4.78 is 32.1. The van der Waals surface area contributed by atoms with Crippen LogP contribution in [0.2, 0.25) is 0 Å². The fraction of sp³-hybridized carbons (Fsp3) is 0.238. The van der Waals surface area contributed by atoms with Crippen LogP contribution in [0.1, 0.15) is 39.0 Å². The Morgan fingerprint density at radius 1 is 1.19 bits per heavy atom. The van der Waals surface area contributed by atoms with Crippen molar-refractivity contribution in [2.45, 2.75) is 30.7 Å². The summed E-state index contributed by atoms with van der Waals surface area (Å²) in [6, 6.07) is 4.99. The van der Waals surface area contributed by atoms with E-state index in [9.17, 15) is 18.4 Å². The van der Waals surface area contributed by atoms with Gasteiger partial charge in [-0.05, 0) is 43.7 Å². The molecule has 0 fully saturated rings. The summed E-state index contributed by atoms with van der Waals surface area (Å²) in [5.74, 6) is -2.14. The summed E-state index contributed by atoms with van der Waals surface area (Å²) in [6.07, 6.45) is 1.55. The van der Waals surface area contributed by atoms with Crippen molar-refractivity contribution in [2.75, 3.05) is 7.05 Å². The SMILES string of the molecule is CNC(=O)C(NC(=O)c1cccnc1SCc1c(C)noc1C)c1ccc(F)c(F)c1. The summed E-state index contributed by atoms with van der Waals surface area (Å²) in [5.41, 5.74) is 2.02. The number of nitrogens with one attached hydrogen (secondary N) is 2. The lowest BCUT2D eigenvalue weighted by atomic mass is 10.1. The number of rotatable bonds is 7. The van der Waals surface area contributed by atoms with Gasteiger partial charge in [0.05, 0.1) is 11.3 Å². The number of likely N-dealkylation sites (N-methyl/N-ethyl adjacent to an activating group) is 1. The van der Waals surface area contributed by atoms with E-state index in [1.807, 2.05) is 6.92 Å². The van der Waals surface area contributed by atoms with Crippen LogP contribution in [0.25, 0.3) is 0 Å². The Bertz CT molecular complexity index is 1100. The van der Waals surface area contributed by atoms with E-state index in [4.69, 9.17) is 4.52 Å². The Hall–Kier alpha value is -3.27. The number of thioether (sulfide) groups is 1. The third-order valence-electron chi connectivity index (χ3n) is 4.61. The summed E-state index contributed by atoms with van der Waals surface area (Å²) in [7, 11) is 1.39. The number of halogens is 2. The van der Waals surface area contributed by atoms with E-state index in [2.05, 4.69) is 20.8 Å². The second kappa shape index (κ2) is 9.69. The number of aryl methyl sites for hydroxylation is 2. The first-order valence-corrected chi connectivity index (χ1v) is 10.3. The number of amides is 2. The quantitative estimate of drug-likeness (QED) is 0.540. The molecule has 7 nitrogen and oxygen atoms in total. The number of carbonyl (C=O) groups excluding carboxylic acids is 2. The van der Waals surface area contributed by atoms with Crippen LogP contribution in [0.5, 0.6) is 0 Å². The summed E-state index contributed by atoms with van der Waals surface area (Å²) in [6.45, 7) is 3.63. The predicted molar refractivity (Wildman–Crippen MR) is 110 cm³/mol. The molecule has 0 spiro atoms. The van der Waals surface area contributed by atoms with Crippen LogP contribution in [0.4, 0.5) is 8.78 Å². The van der Waals surface area contributed by atoms with Crippen molar-refractivity contribution < 1.29 is 22.9 Å². The summed E-state index contributed by atoms with van der Waals surface area (Å²) in [4.78, 5) is 29.6. The molecule has 3 aromatic rings. The Morgan fingerprint density at radius 2 is 1.97 bits per heavy atom. The van der Waals surface area contributed by atoms with Gasteiger partial charge in [0.1, 0.15) is 16.8 Å². The number of aromatic nitrogens is 2. The zero-order valence-corrected chi connectivity index (χ0v) is 17.8. The second-order valence-corrected chi connectivity index (χ2v) is 7.61. The van der Waals surface area contributed by atoms with E-state index < -0.39 is 29.5 Å². The molecule has 2 N–H and O–H groups in total. The zero-order chi connectivity index (χ0) is 22.5. The highest BCUT2D eigenvalue weighted by Gasteiger charge is 2.25. The molecular weight excluding hydrogens is 426 g/mol. The Balaban J connectivity index is 1.84. The van der Waals surface area contributed by atoms with Gasteiger partial charge in [-0.2, -0.15) is 0 Å². The first-order chi connectivity index (χ1) is 14.8. The lowest BCUT2D eigenvalue weighted by Gasteiger charge is -2.18. The van der Waals surface area contributed by atoms with E-state index in [1.165, 1.54) is 24.9 Å². The Labute approximate surface area is 181 Å². The summed E-state index contributed by atoms with van der Waals surface area (Å²) in [5, 5.41) is 9.35. The van der Waals surface area contributed by atoms with Gasteiger partial charge in [0.25, 0.3) is 5.91 Å². The molecule has 1 atom stereocenters. The molecule has 0 aliphatic heterocycles. The molecule has 0 bridgehead atoms. The smallest absolute Gasteiger partial charge is 0.254 e.